The summed E-state index contributed by atoms with van der Waals surface area (Å²) in [5, 5.41) is 9.01. The Morgan fingerprint density at radius 2 is 2.50 bits per heavy atom. The molecular formula is C11H16N2O3. The van der Waals surface area contributed by atoms with E-state index in [1.54, 1.807) is 15.5 Å². The second-order valence-corrected chi connectivity index (χ2v) is 3.93. The average molecular weight is 224 g/mol. The Bertz CT molecular complexity index is 375. The molecule has 1 atom stereocenters. The number of aliphatic hydroxyl groups excluding tert-OH is 1. The molecule has 2 heterocycles. The SMILES string of the molecule is Cn1cccc1C(=O)N1CCOC(CO)C1. The number of morpholine rings is 1. The number of nitrogens with zero attached hydrogens (tertiary/aromatic N) is 2. The van der Waals surface area contributed by atoms with E-state index in [9.17, 15) is 4.79 Å². The first-order chi connectivity index (χ1) is 7.72. The summed E-state index contributed by atoms with van der Waals surface area (Å²) in [4.78, 5) is 13.8. The summed E-state index contributed by atoms with van der Waals surface area (Å²) >= 11 is 0. The fraction of sp³-hybridized carbons (Fsp3) is 0.545. The number of aryl methyl sites for hydroxylation is 1. The molecule has 1 saturated heterocycles. The highest BCUT2D eigenvalue weighted by molar-refractivity contribution is 5.92. The van der Waals surface area contributed by atoms with Gasteiger partial charge < -0.3 is 19.3 Å². The molecule has 0 aromatic carbocycles. The molecule has 1 aliphatic rings. The summed E-state index contributed by atoms with van der Waals surface area (Å²) in [5.41, 5.74) is 0.665. The van der Waals surface area contributed by atoms with Gasteiger partial charge in [-0.25, -0.2) is 0 Å². The molecule has 1 aliphatic heterocycles. The monoisotopic (exact) mass is 224 g/mol. The number of amides is 1. The van der Waals surface area contributed by atoms with Crippen LogP contribution in [0.4, 0.5) is 0 Å². The molecule has 1 N–H and O–H groups in total. The van der Waals surface area contributed by atoms with E-state index in [0.717, 1.165) is 0 Å². The molecule has 1 unspecified atom stereocenters. The maximum atomic E-state index is 12.1. The fourth-order valence-corrected chi connectivity index (χ4v) is 1.86. The molecule has 16 heavy (non-hydrogen) atoms. The number of aliphatic hydroxyl groups is 1. The van der Waals surface area contributed by atoms with Gasteiger partial charge in [-0.15, -0.1) is 0 Å². The average Bonchev–Trinajstić information content (AvgIpc) is 2.74. The Balaban J connectivity index is 2.07. The Kier molecular flexibility index (Phi) is 3.26. The summed E-state index contributed by atoms with van der Waals surface area (Å²) in [7, 11) is 1.84. The van der Waals surface area contributed by atoms with Gasteiger partial charge in [-0.05, 0) is 12.1 Å². The quantitative estimate of drug-likeness (QED) is 0.760. The van der Waals surface area contributed by atoms with Crippen LogP contribution in [0.25, 0.3) is 0 Å². The lowest BCUT2D eigenvalue weighted by Crippen LogP contribution is -2.47. The molecule has 5 nitrogen and oxygen atoms in total. The van der Waals surface area contributed by atoms with E-state index in [2.05, 4.69) is 0 Å². The highest BCUT2D eigenvalue weighted by atomic mass is 16.5. The molecule has 1 aromatic heterocycles. The summed E-state index contributed by atoms with van der Waals surface area (Å²) in [6.45, 7) is 1.49. The van der Waals surface area contributed by atoms with Crippen LogP contribution in [0.2, 0.25) is 0 Å². The molecule has 5 heteroatoms. The minimum Gasteiger partial charge on any atom is -0.394 e. The Morgan fingerprint density at radius 1 is 1.69 bits per heavy atom. The first-order valence-corrected chi connectivity index (χ1v) is 5.35. The molecule has 0 bridgehead atoms. The molecule has 0 saturated carbocycles. The minimum atomic E-state index is -0.252. The number of hydrogen-bond donors (Lipinski definition) is 1. The van der Waals surface area contributed by atoms with Crippen LogP contribution in [0.3, 0.4) is 0 Å². The topological polar surface area (TPSA) is 54.7 Å². The third kappa shape index (κ3) is 2.10. The lowest BCUT2D eigenvalue weighted by molar-refractivity contribution is -0.0449. The van der Waals surface area contributed by atoms with E-state index in [1.165, 1.54) is 0 Å². The van der Waals surface area contributed by atoms with E-state index in [-0.39, 0.29) is 18.6 Å². The zero-order valence-electron chi connectivity index (χ0n) is 9.30. The number of carbonyl (C=O) groups is 1. The van der Waals surface area contributed by atoms with Crippen LogP contribution in [0.5, 0.6) is 0 Å². The first kappa shape index (κ1) is 11.2. The van der Waals surface area contributed by atoms with E-state index in [1.807, 2.05) is 19.3 Å². The van der Waals surface area contributed by atoms with Gasteiger partial charge in [0, 0.05) is 26.3 Å². The van der Waals surface area contributed by atoms with Gasteiger partial charge in [-0.2, -0.15) is 0 Å². The van der Waals surface area contributed by atoms with Crippen LogP contribution >= 0.6 is 0 Å². The third-order valence-corrected chi connectivity index (χ3v) is 2.79. The Labute approximate surface area is 94.2 Å². The summed E-state index contributed by atoms with van der Waals surface area (Å²) < 4.78 is 7.10. The van der Waals surface area contributed by atoms with Crippen LogP contribution in [-0.2, 0) is 11.8 Å². The van der Waals surface area contributed by atoms with Gasteiger partial charge in [0.05, 0.1) is 19.3 Å². The fourth-order valence-electron chi connectivity index (χ4n) is 1.86. The van der Waals surface area contributed by atoms with Crippen molar-refractivity contribution >= 4 is 5.91 Å². The van der Waals surface area contributed by atoms with Gasteiger partial charge in [0.25, 0.3) is 5.91 Å². The molecule has 0 radical (unpaired) electrons. The molecule has 88 valence electrons. The van der Waals surface area contributed by atoms with E-state index in [0.29, 0.717) is 25.4 Å². The summed E-state index contributed by atoms with van der Waals surface area (Å²) in [6.07, 6.45) is 1.59. The standard InChI is InChI=1S/C11H16N2O3/c1-12-4-2-3-10(12)11(15)13-5-6-16-9(7-13)8-14/h2-4,9,14H,5-8H2,1H3. The van der Waals surface area contributed by atoms with Gasteiger partial charge in [0.2, 0.25) is 0 Å². The Hall–Kier alpha value is -1.33. The predicted octanol–water partition coefficient (Wildman–Crippen LogP) is -0.142. The van der Waals surface area contributed by atoms with Gasteiger partial charge in [-0.3, -0.25) is 4.79 Å². The molecule has 1 fully saturated rings. The molecule has 0 spiro atoms. The van der Waals surface area contributed by atoms with Gasteiger partial charge >= 0.3 is 0 Å². The van der Waals surface area contributed by atoms with E-state index < -0.39 is 0 Å². The third-order valence-electron chi connectivity index (χ3n) is 2.79. The van der Waals surface area contributed by atoms with Gasteiger partial charge in [0.1, 0.15) is 5.69 Å². The van der Waals surface area contributed by atoms with Gasteiger partial charge in [-0.1, -0.05) is 0 Å². The van der Waals surface area contributed by atoms with Crippen molar-refractivity contribution in [2.75, 3.05) is 26.3 Å². The molecule has 0 aliphatic carbocycles. The van der Waals surface area contributed by atoms with E-state index in [4.69, 9.17) is 9.84 Å². The van der Waals surface area contributed by atoms with Gasteiger partial charge in [0.15, 0.2) is 0 Å². The molecule has 2 rings (SSSR count). The lowest BCUT2D eigenvalue weighted by Gasteiger charge is -2.32. The summed E-state index contributed by atoms with van der Waals surface area (Å²) in [5.74, 6) is -0.00532. The minimum absolute atomic E-state index is 0.00532. The van der Waals surface area contributed by atoms with Crippen molar-refractivity contribution in [3.63, 3.8) is 0 Å². The van der Waals surface area contributed by atoms with E-state index >= 15 is 0 Å². The van der Waals surface area contributed by atoms with Crippen molar-refractivity contribution in [2.45, 2.75) is 6.10 Å². The van der Waals surface area contributed by atoms with Crippen LogP contribution in [0.15, 0.2) is 18.3 Å². The predicted molar refractivity (Wildman–Crippen MR) is 58.1 cm³/mol. The lowest BCUT2D eigenvalue weighted by atomic mass is 10.2. The van der Waals surface area contributed by atoms with Crippen LogP contribution < -0.4 is 0 Å². The van der Waals surface area contributed by atoms with Crippen LogP contribution in [0, 0.1) is 0 Å². The largest absolute Gasteiger partial charge is 0.394 e. The van der Waals surface area contributed by atoms with Crippen molar-refractivity contribution in [1.29, 1.82) is 0 Å². The highest BCUT2D eigenvalue weighted by Gasteiger charge is 2.25. The van der Waals surface area contributed by atoms with Crippen molar-refractivity contribution in [1.82, 2.24) is 9.47 Å². The zero-order valence-corrected chi connectivity index (χ0v) is 9.30. The smallest absolute Gasteiger partial charge is 0.270 e. The highest BCUT2D eigenvalue weighted by Crippen LogP contribution is 2.10. The normalized spacial score (nSPS) is 21.1. The molecule has 1 aromatic rings. The second kappa shape index (κ2) is 4.67. The number of ether oxygens (including phenoxy) is 1. The number of aromatic nitrogens is 1. The second-order valence-electron chi connectivity index (χ2n) is 3.93. The number of carbonyl (C=O) groups excluding carboxylic acids is 1. The maximum Gasteiger partial charge on any atom is 0.270 e. The summed E-state index contributed by atoms with van der Waals surface area (Å²) in [6, 6.07) is 3.64. The van der Waals surface area contributed by atoms with Crippen molar-refractivity contribution in [3.05, 3.63) is 24.0 Å². The maximum absolute atomic E-state index is 12.1. The Morgan fingerprint density at radius 3 is 3.12 bits per heavy atom. The number of hydrogen-bond acceptors (Lipinski definition) is 3. The van der Waals surface area contributed by atoms with Crippen LogP contribution in [-0.4, -0.2) is 52.9 Å². The first-order valence-electron chi connectivity index (χ1n) is 5.35. The number of rotatable bonds is 2. The molecule has 1 amide bonds. The zero-order chi connectivity index (χ0) is 11.5. The van der Waals surface area contributed by atoms with Crippen LogP contribution in [0.1, 0.15) is 10.5 Å². The van der Waals surface area contributed by atoms with Crippen molar-refractivity contribution in [2.24, 2.45) is 7.05 Å². The van der Waals surface area contributed by atoms with Crippen molar-refractivity contribution in [3.8, 4) is 0 Å². The molecular weight excluding hydrogens is 208 g/mol. The van der Waals surface area contributed by atoms with Crippen molar-refractivity contribution < 1.29 is 14.6 Å².